The zero-order valence-electron chi connectivity index (χ0n) is 37.9. The molecule has 0 atom stereocenters. The fourth-order valence-corrected chi connectivity index (χ4v) is 12.5. The Bertz CT molecular complexity index is 4460. The van der Waals surface area contributed by atoms with E-state index in [0.717, 1.165) is 62.0 Å². The fraction of sp³-hybridized carbons (Fsp3) is 0.0312. The van der Waals surface area contributed by atoms with Crippen LogP contribution in [0.3, 0.4) is 0 Å². The molecule has 0 saturated carbocycles. The van der Waals surface area contributed by atoms with Crippen LogP contribution >= 0.6 is 11.3 Å². The monoisotopic (exact) mass is 911 g/mol. The van der Waals surface area contributed by atoms with Crippen molar-refractivity contribution in [2.75, 3.05) is 0 Å². The van der Waals surface area contributed by atoms with Crippen molar-refractivity contribution < 1.29 is 0 Å². The Morgan fingerprint density at radius 3 is 1.89 bits per heavy atom. The molecule has 5 nitrogen and oxygen atoms in total. The first-order valence-corrected chi connectivity index (χ1v) is 24.9. The number of aryl methyl sites for hydroxylation is 1. The minimum atomic E-state index is 0.655. The summed E-state index contributed by atoms with van der Waals surface area (Å²) in [7, 11) is 0. The van der Waals surface area contributed by atoms with Gasteiger partial charge in [-0.15, -0.1) is 11.3 Å². The number of para-hydroxylation sites is 3. The number of hydrogen-bond acceptors (Lipinski definition) is 3. The molecule has 0 radical (unpaired) electrons. The maximum Gasteiger partial charge on any atom is 0.235 e. The summed E-state index contributed by atoms with van der Waals surface area (Å²) in [5.74, 6) is 0.655. The molecule has 6 heteroatoms. The molecule has 328 valence electrons. The van der Waals surface area contributed by atoms with Crippen LogP contribution < -0.4 is 0 Å². The molecule has 0 bridgehead atoms. The first-order valence-electron chi connectivity index (χ1n) is 24.0. The van der Waals surface area contributed by atoms with Gasteiger partial charge in [0.05, 0.1) is 43.5 Å². The quantitative estimate of drug-likeness (QED) is 0.167. The van der Waals surface area contributed by atoms with Crippen LogP contribution in [0.4, 0.5) is 0 Å². The van der Waals surface area contributed by atoms with Crippen LogP contribution in [0.1, 0.15) is 17.7 Å². The highest BCUT2D eigenvalue weighted by atomic mass is 32.1. The SMILES string of the molecule is C1=Cc2c(c3cc(-c4nc(-n5c6ccc(-c7cccc8c7c7ccccc7n8-c7ccccc7)cc6c6cc7ccccc7cc65)nc5cc(-c6ccccc6)sc45)ccc3n2-c2ccccc2)CC1. The van der Waals surface area contributed by atoms with Gasteiger partial charge in [-0.05, 0) is 131 Å². The molecule has 70 heavy (non-hydrogen) atoms. The average Bonchev–Trinajstić information content (AvgIpc) is 4.18. The third-order valence-corrected chi connectivity index (χ3v) is 15.7. The summed E-state index contributed by atoms with van der Waals surface area (Å²) in [6.45, 7) is 0. The van der Waals surface area contributed by atoms with Crippen LogP contribution in [0.5, 0.6) is 0 Å². The van der Waals surface area contributed by atoms with Crippen molar-refractivity contribution in [3.05, 3.63) is 230 Å². The van der Waals surface area contributed by atoms with Gasteiger partial charge in [-0.2, -0.15) is 0 Å². The molecule has 5 aromatic heterocycles. The maximum absolute atomic E-state index is 5.71. The molecular formula is C64H41N5S. The Balaban J connectivity index is 0.985. The van der Waals surface area contributed by atoms with E-state index in [4.69, 9.17) is 9.97 Å². The van der Waals surface area contributed by atoms with Crippen molar-refractivity contribution in [3.63, 3.8) is 0 Å². The van der Waals surface area contributed by atoms with Crippen LogP contribution in [-0.2, 0) is 6.42 Å². The van der Waals surface area contributed by atoms with Crippen molar-refractivity contribution in [3.8, 4) is 50.1 Å². The van der Waals surface area contributed by atoms with E-state index in [1.54, 1.807) is 11.3 Å². The number of thiophene rings is 1. The lowest BCUT2D eigenvalue weighted by Crippen LogP contribution is -2.02. The van der Waals surface area contributed by atoms with Gasteiger partial charge in [-0.1, -0.05) is 140 Å². The van der Waals surface area contributed by atoms with Crippen LogP contribution in [0.25, 0.3) is 132 Å². The molecule has 1 aliphatic carbocycles. The number of allylic oxidation sites excluding steroid dienone is 1. The lowest BCUT2D eigenvalue weighted by atomic mass is 9.97. The topological polar surface area (TPSA) is 40.6 Å². The number of rotatable bonds is 6. The Hall–Kier alpha value is -8.84. The highest BCUT2D eigenvalue weighted by Crippen LogP contribution is 2.45. The largest absolute Gasteiger partial charge is 0.310 e. The molecular weight excluding hydrogens is 871 g/mol. The standard InChI is InChI=1S/C64H41N5S/c1-4-17-40(18-5-1)60-39-53-63(70-60)62(44-32-34-56-50(37-44)48-25-12-14-28-54(48)67(56)45-21-6-2-7-22-45)66-64(65-53)69-57-33-31-43(36-51(57)52-35-41-19-10-11-20-42(41)38-59(52)69)47-27-16-30-58-61(47)49-26-13-15-29-55(49)68(58)46-23-8-3-9-24-46/h1-11,13-24,26-39H,12,25H2. The van der Waals surface area contributed by atoms with E-state index in [0.29, 0.717) is 5.95 Å². The van der Waals surface area contributed by atoms with E-state index in [1.807, 2.05) is 0 Å². The number of fused-ring (bicyclic) bond motifs is 11. The van der Waals surface area contributed by atoms with Crippen LogP contribution in [0.15, 0.2) is 218 Å². The van der Waals surface area contributed by atoms with E-state index in [1.165, 1.54) is 81.8 Å². The summed E-state index contributed by atoms with van der Waals surface area (Å²) in [6, 6.07) is 77.2. The molecule has 0 aliphatic heterocycles. The van der Waals surface area contributed by atoms with Gasteiger partial charge in [0.1, 0.15) is 0 Å². The van der Waals surface area contributed by atoms with Gasteiger partial charge in [-0.25, -0.2) is 9.97 Å². The van der Waals surface area contributed by atoms with Gasteiger partial charge in [-0.3, -0.25) is 4.57 Å². The summed E-state index contributed by atoms with van der Waals surface area (Å²) in [5.41, 5.74) is 17.2. The third kappa shape index (κ3) is 5.90. The van der Waals surface area contributed by atoms with Crippen molar-refractivity contribution in [1.82, 2.24) is 23.7 Å². The van der Waals surface area contributed by atoms with Gasteiger partial charge >= 0.3 is 0 Å². The summed E-state index contributed by atoms with van der Waals surface area (Å²) in [5, 5.41) is 8.44. The Labute approximate surface area is 407 Å². The predicted octanol–water partition coefficient (Wildman–Crippen LogP) is 16.9. The first kappa shape index (κ1) is 39.2. The Morgan fingerprint density at radius 1 is 0.429 bits per heavy atom. The third-order valence-electron chi connectivity index (χ3n) is 14.5. The van der Waals surface area contributed by atoms with Gasteiger partial charge in [0, 0.05) is 54.4 Å². The van der Waals surface area contributed by atoms with Gasteiger partial charge in [0.25, 0.3) is 0 Å². The van der Waals surface area contributed by atoms with Crippen molar-refractivity contribution in [2.24, 2.45) is 0 Å². The maximum atomic E-state index is 5.71. The molecule has 0 fully saturated rings. The van der Waals surface area contributed by atoms with Crippen LogP contribution in [0.2, 0.25) is 0 Å². The average molecular weight is 912 g/mol. The van der Waals surface area contributed by atoms with Crippen molar-refractivity contribution in [2.45, 2.75) is 12.8 Å². The minimum Gasteiger partial charge on any atom is -0.310 e. The highest BCUT2D eigenvalue weighted by molar-refractivity contribution is 7.22. The smallest absolute Gasteiger partial charge is 0.235 e. The van der Waals surface area contributed by atoms with Crippen LogP contribution in [0, 0.1) is 0 Å². The number of benzene rings is 9. The molecule has 0 spiro atoms. The number of aromatic nitrogens is 5. The molecule has 0 N–H and O–H groups in total. The zero-order chi connectivity index (χ0) is 45.9. The Morgan fingerprint density at radius 2 is 1.07 bits per heavy atom. The Kier molecular flexibility index (Phi) is 8.59. The summed E-state index contributed by atoms with van der Waals surface area (Å²) >= 11 is 1.77. The molecule has 9 aromatic carbocycles. The first-order chi connectivity index (χ1) is 34.7. The lowest BCUT2D eigenvalue weighted by molar-refractivity contribution is 0.967. The van der Waals surface area contributed by atoms with E-state index in [9.17, 15) is 0 Å². The summed E-state index contributed by atoms with van der Waals surface area (Å²) in [4.78, 5) is 12.4. The number of nitrogens with zero attached hydrogens (tertiary/aromatic N) is 5. The molecule has 0 saturated heterocycles. The molecule has 0 unspecified atom stereocenters. The van der Waals surface area contributed by atoms with E-state index in [2.05, 4.69) is 238 Å². The van der Waals surface area contributed by atoms with Gasteiger partial charge < -0.3 is 9.13 Å². The zero-order valence-corrected chi connectivity index (χ0v) is 38.7. The molecule has 5 heterocycles. The van der Waals surface area contributed by atoms with E-state index < -0.39 is 0 Å². The van der Waals surface area contributed by atoms with Crippen molar-refractivity contribution >= 4 is 92.9 Å². The van der Waals surface area contributed by atoms with Crippen LogP contribution in [-0.4, -0.2) is 23.7 Å². The van der Waals surface area contributed by atoms with Crippen molar-refractivity contribution in [1.29, 1.82) is 0 Å². The van der Waals surface area contributed by atoms with Gasteiger partial charge in [0.2, 0.25) is 5.95 Å². The van der Waals surface area contributed by atoms with E-state index in [-0.39, 0.29) is 0 Å². The lowest BCUT2D eigenvalue weighted by Gasteiger charge is -2.12. The molecule has 0 amide bonds. The second kappa shape index (κ2) is 15.3. The summed E-state index contributed by atoms with van der Waals surface area (Å²) in [6.07, 6.45) is 6.63. The number of hydrogen-bond donors (Lipinski definition) is 0. The molecule has 15 rings (SSSR count). The predicted molar refractivity (Wildman–Crippen MR) is 294 cm³/mol. The minimum absolute atomic E-state index is 0.655. The normalized spacial score (nSPS) is 12.7. The highest BCUT2D eigenvalue weighted by Gasteiger charge is 2.24. The second-order valence-electron chi connectivity index (χ2n) is 18.4. The fourth-order valence-electron chi connectivity index (χ4n) is 11.4. The second-order valence-corrected chi connectivity index (χ2v) is 19.5. The summed E-state index contributed by atoms with van der Waals surface area (Å²) < 4.78 is 8.20. The van der Waals surface area contributed by atoms with Gasteiger partial charge in [0.15, 0.2) is 0 Å². The molecule has 14 aromatic rings. The van der Waals surface area contributed by atoms with E-state index >= 15 is 0 Å². The molecule has 1 aliphatic rings.